The van der Waals surface area contributed by atoms with Gasteiger partial charge in [0.2, 0.25) is 0 Å². The van der Waals surface area contributed by atoms with Crippen molar-refractivity contribution in [3.05, 3.63) is 58.5 Å². The van der Waals surface area contributed by atoms with Gasteiger partial charge in [-0.1, -0.05) is 23.7 Å². The summed E-state index contributed by atoms with van der Waals surface area (Å²) in [6.45, 7) is 0. The zero-order valence-corrected chi connectivity index (χ0v) is 11.1. The van der Waals surface area contributed by atoms with Crippen LogP contribution in [0, 0.1) is 5.82 Å². The average Bonchev–Trinajstić information content (AvgIpc) is 2.39. The van der Waals surface area contributed by atoms with Gasteiger partial charge in [0.15, 0.2) is 5.82 Å². The molecule has 0 spiro atoms. The van der Waals surface area contributed by atoms with Crippen LogP contribution in [0.25, 0.3) is 0 Å². The molecule has 0 saturated carbocycles. The molecule has 0 aliphatic heterocycles. The number of pyridine rings is 1. The van der Waals surface area contributed by atoms with Gasteiger partial charge >= 0.3 is 6.18 Å². The smallest absolute Gasteiger partial charge is 0.260 e. The van der Waals surface area contributed by atoms with Crippen LogP contribution in [0.5, 0.6) is 0 Å². The maximum atomic E-state index is 12.9. The van der Waals surface area contributed by atoms with Crippen LogP contribution in [0.4, 0.5) is 23.4 Å². The fraction of sp³-hybridized carbons (Fsp3) is 0.0769. The summed E-state index contributed by atoms with van der Waals surface area (Å²) in [4.78, 5) is 3.54. The summed E-state index contributed by atoms with van der Waals surface area (Å²) in [6.07, 6.45) is -2.58. The highest BCUT2D eigenvalue weighted by Crippen LogP contribution is 2.32. The van der Waals surface area contributed by atoms with E-state index in [0.29, 0.717) is 11.8 Å². The first-order chi connectivity index (χ1) is 9.86. The molecule has 2 rings (SSSR count). The maximum Gasteiger partial charge on any atom is 0.417 e. The fourth-order valence-corrected chi connectivity index (χ4v) is 1.64. The van der Waals surface area contributed by atoms with E-state index in [1.807, 2.05) is 0 Å². The van der Waals surface area contributed by atoms with Gasteiger partial charge < -0.3 is 0 Å². The molecule has 1 aromatic heterocycles. The van der Waals surface area contributed by atoms with E-state index in [4.69, 9.17) is 11.6 Å². The van der Waals surface area contributed by atoms with E-state index < -0.39 is 17.6 Å². The van der Waals surface area contributed by atoms with E-state index >= 15 is 0 Å². The van der Waals surface area contributed by atoms with E-state index in [-0.39, 0.29) is 10.8 Å². The van der Waals surface area contributed by atoms with E-state index in [9.17, 15) is 17.6 Å². The Balaban J connectivity index is 2.10. The first kappa shape index (κ1) is 15.2. The van der Waals surface area contributed by atoms with Gasteiger partial charge in [0.25, 0.3) is 0 Å². The Hall–Kier alpha value is -2.15. The van der Waals surface area contributed by atoms with Crippen LogP contribution in [0.2, 0.25) is 5.02 Å². The molecule has 0 aliphatic rings. The molecule has 0 saturated heterocycles. The quantitative estimate of drug-likeness (QED) is 0.519. The van der Waals surface area contributed by atoms with Crippen molar-refractivity contribution in [2.45, 2.75) is 6.18 Å². The van der Waals surface area contributed by atoms with Gasteiger partial charge in [0, 0.05) is 6.20 Å². The second kappa shape index (κ2) is 6.09. The zero-order chi connectivity index (χ0) is 15.5. The molecule has 21 heavy (non-hydrogen) atoms. The van der Waals surface area contributed by atoms with Gasteiger partial charge in [0.1, 0.15) is 5.82 Å². The standard InChI is InChI=1S/C13H8ClF4N3/c14-11-5-9(13(16,17)18)7-19-12(11)21-20-6-8-2-1-3-10(15)4-8/h1-7H,(H,19,21). The highest BCUT2D eigenvalue weighted by atomic mass is 35.5. The number of nitrogens with zero attached hydrogens (tertiary/aromatic N) is 2. The highest BCUT2D eigenvalue weighted by Gasteiger charge is 2.31. The summed E-state index contributed by atoms with van der Waals surface area (Å²) in [5.74, 6) is -0.457. The summed E-state index contributed by atoms with van der Waals surface area (Å²) in [5, 5.41) is 3.51. The summed E-state index contributed by atoms with van der Waals surface area (Å²) in [5.41, 5.74) is 1.92. The minimum absolute atomic E-state index is 0.0303. The minimum Gasteiger partial charge on any atom is -0.260 e. The van der Waals surface area contributed by atoms with E-state index in [0.717, 1.165) is 6.07 Å². The average molecular weight is 318 g/mol. The van der Waals surface area contributed by atoms with Crippen molar-refractivity contribution >= 4 is 23.6 Å². The van der Waals surface area contributed by atoms with Crippen LogP contribution >= 0.6 is 11.6 Å². The predicted molar refractivity (Wildman–Crippen MR) is 71.9 cm³/mol. The van der Waals surface area contributed by atoms with Crippen molar-refractivity contribution < 1.29 is 17.6 Å². The number of anilines is 1. The molecule has 0 aliphatic carbocycles. The van der Waals surface area contributed by atoms with Gasteiger partial charge in [0.05, 0.1) is 16.8 Å². The molecule has 0 fully saturated rings. The molecule has 0 atom stereocenters. The van der Waals surface area contributed by atoms with Crippen molar-refractivity contribution in [1.82, 2.24) is 4.98 Å². The van der Waals surface area contributed by atoms with Crippen LogP contribution < -0.4 is 5.43 Å². The van der Waals surface area contributed by atoms with Crippen molar-refractivity contribution in [2.24, 2.45) is 5.10 Å². The second-order valence-corrected chi connectivity index (χ2v) is 4.38. The lowest BCUT2D eigenvalue weighted by atomic mass is 10.2. The van der Waals surface area contributed by atoms with Crippen LogP contribution in [0.3, 0.4) is 0 Å². The third-order valence-electron chi connectivity index (χ3n) is 2.40. The molecule has 8 heteroatoms. The number of hydrazone groups is 1. The second-order valence-electron chi connectivity index (χ2n) is 3.98. The number of hydrogen-bond donors (Lipinski definition) is 1. The molecule has 0 bridgehead atoms. The van der Waals surface area contributed by atoms with E-state index in [1.54, 1.807) is 6.07 Å². The van der Waals surface area contributed by atoms with Gasteiger partial charge in [-0.15, -0.1) is 0 Å². The fourth-order valence-electron chi connectivity index (χ4n) is 1.43. The molecular weight excluding hydrogens is 310 g/mol. The summed E-state index contributed by atoms with van der Waals surface area (Å²) < 4.78 is 50.2. The Kier molecular flexibility index (Phi) is 4.42. The van der Waals surface area contributed by atoms with Crippen LogP contribution in [0.1, 0.15) is 11.1 Å². The number of alkyl halides is 3. The monoisotopic (exact) mass is 317 g/mol. The molecule has 0 unspecified atom stereocenters. The number of aromatic nitrogens is 1. The van der Waals surface area contributed by atoms with Crippen LogP contribution in [0.15, 0.2) is 41.6 Å². The molecule has 2 aromatic rings. The minimum atomic E-state index is -4.51. The van der Waals surface area contributed by atoms with Gasteiger partial charge in [-0.05, 0) is 23.8 Å². The number of hydrogen-bond acceptors (Lipinski definition) is 3. The van der Waals surface area contributed by atoms with Crippen molar-refractivity contribution in [2.75, 3.05) is 5.43 Å². The molecule has 0 radical (unpaired) electrons. The Labute approximate surface area is 122 Å². The normalized spacial score (nSPS) is 11.9. The lowest BCUT2D eigenvalue weighted by Crippen LogP contribution is -2.06. The summed E-state index contributed by atoms with van der Waals surface area (Å²) >= 11 is 5.68. The lowest BCUT2D eigenvalue weighted by molar-refractivity contribution is -0.137. The maximum absolute atomic E-state index is 12.9. The molecule has 3 nitrogen and oxygen atoms in total. The van der Waals surface area contributed by atoms with E-state index in [1.165, 1.54) is 24.4 Å². The van der Waals surface area contributed by atoms with Gasteiger partial charge in [-0.3, -0.25) is 5.43 Å². The summed E-state index contributed by atoms with van der Waals surface area (Å²) in [6, 6.07) is 6.37. The van der Waals surface area contributed by atoms with Crippen molar-refractivity contribution in [3.63, 3.8) is 0 Å². The largest absolute Gasteiger partial charge is 0.417 e. The SMILES string of the molecule is Fc1cccc(C=NNc2ncc(C(F)(F)F)cc2Cl)c1. The zero-order valence-electron chi connectivity index (χ0n) is 10.3. The Morgan fingerprint density at radius 3 is 2.62 bits per heavy atom. The first-order valence-corrected chi connectivity index (χ1v) is 6.01. The van der Waals surface area contributed by atoms with E-state index in [2.05, 4.69) is 15.5 Å². The lowest BCUT2D eigenvalue weighted by Gasteiger charge is -2.08. The number of halogens is 5. The number of rotatable bonds is 3. The highest BCUT2D eigenvalue weighted by molar-refractivity contribution is 6.32. The predicted octanol–water partition coefficient (Wildman–Crippen LogP) is 4.34. The first-order valence-electron chi connectivity index (χ1n) is 5.63. The topological polar surface area (TPSA) is 37.3 Å². The third-order valence-corrected chi connectivity index (χ3v) is 2.69. The van der Waals surface area contributed by atoms with Gasteiger partial charge in [-0.25, -0.2) is 9.37 Å². The van der Waals surface area contributed by atoms with Gasteiger partial charge in [-0.2, -0.15) is 18.3 Å². The third kappa shape index (κ3) is 4.16. The molecular formula is C13H8ClF4N3. The Bertz CT molecular complexity index is 671. The Morgan fingerprint density at radius 2 is 2.00 bits per heavy atom. The van der Waals surface area contributed by atoms with Crippen molar-refractivity contribution in [3.8, 4) is 0 Å². The molecule has 0 amide bonds. The molecule has 1 aromatic carbocycles. The van der Waals surface area contributed by atoms with Crippen LogP contribution in [-0.4, -0.2) is 11.2 Å². The molecule has 110 valence electrons. The Morgan fingerprint density at radius 1 is 1.24 bits per heavy atom. The number of nitrogens with one attached hydrogen (secondary N) is 1. The molecule has 1 N–H and O–H groups in total. The summed E-state index contributed by atoms with van der Waals surface area (Å²) in [7, 11) is 0. The molecule has 1 heterocycles. The van der Waals surface area contributed by atoms with Crippen molar-refractivity contribution in [1.29, 1.82) is 0 Å². The number of benzene rings is 1. The van der Waals surface area contributed by atoms with Crippen LogP contribution in [-0.2, 0) is 6.18 Å².